The number of ether oxygens (including phenoxy) is 2. The molecule has 5 nitrogen and oxygen atoms in total. The van der Waals surface area contributed by atoms with E-state index in [2.05, 4.69) is 0 Å². The third-order valence-electron chi connectivity index (χ3n) is 3.54. The zero-order valence-electron chi connectivity index (χ0n) is 12.4. The highest BCUT2D eigenvalue weighted by atomic mass is 35.5. The number of fused-ring (bicyclic) bond motifs is 1. The SMILES string of the molecule is O=C(c1ccc2c(c1)OCO2)N(CCO)Cc1cccc(Cl)c1. The van der Waals surface area contributed by atoms with Gasteiger partial charge in [0.15, 0.2) is 11.5 Å². The molecule has 0 aliphatic carbocycles. The number of hydrogen-bond donors (Lipinski definition) is 1. The highest BCUT2D eigenvalue weighted by Crippen LogP contribution is 2.32. The van der Waals surface area contributed by atoms with E-state index in [0.29, 0.717) is 28.6 Å². The highest BCUT2D eigenvalue weighted by Gasteiger charge is 2.20. The summed E-state index contributed by atoms with van der Waals surface area (Å²) in [6.45, 7) is 0.654. The molecule has 6 heteroatoms. The van der Waals surface area contributed by atoms with E-state index in [4.69, 9.17) is 21.1 Å². The lowest BCUT2D eigenvalue weighted by Gasteiger charge is -2.22. The van der Waals surface area contributed by atoms with Crippen LogP contribution in [0.1, 0.15) is 15.9 Å². The molecule has 1 aliphatic rings. The Hall–Kier alpha value is -2.24. The van der Waals surface area contributed by atoms with Crippen LogP contribution in [-0.4, -0.2) is 35.9 Å². The van der Waals surface area contributed by atoms with Gasteiger partial charge in [-0.1, -0.05) is 23.7 Å². The molecule has 1 amide bonds. The quantitative estimate of drug-likeness (QED) is 0.914. The van der Waals surface area contributed by atoms with Crippen LogP contribution in [0.3, 0.4) is 0 Å². The van der Waals surface area contributed by atoms with Gasteiger partial charge in [-0.2, -0.15) is 0 Å². The zero-order valence-corrected chi connectivity index (χ0v) is 13.1. The van der Waals surface area contributed by atoms with Gasteiger partial charge in [-0.15, -0.1) is 0 Å². The van der Waals surface area contributed by atoms with Crippen LogP contribution < -0.4 is 9.47 Å². The first kappa shape index (κ1) is 15.6. The number of aliphatic hydroxyl groups is 1. The first-order valence-corrected chi connectivity index (χ1v) is 7.59. The Morgan fingerprint density at radius 1 is 1.17 bits per heavy atom. The van der Waals surface area contributed by atoms with Gasteiger partial charge < -0.3 is 19.5 Å². The van der Waals surface area contributed by atoms with E-state index in [1.807, 2.05) is 12.1 Å². The summed E-state index contributed by atoms with van der Waals surface area (Å²) in [6, 6.07) is 12.4. The number of nitrogens with zero attached hydrogens (tertiary/aromatic N) is 1. The fraction of sp³-hybridized carbons (Fsp3) is 0.235. The molecule has 0 fully saturated rings. The molecule has 3 rings (SSSR count). The van der Waals surface area contributed by atoms with Crippen LogP contribution in [0.25, 0.3) is 0 Å². The molecule has 0 atom stereocenters. The average molecular weight is 334 g/mol. The molecule has 0 aromatic heterocycles. The molecule has 0 radical (unpaired) electrons. The second kappa shape index (κ2) is 6.89. The zero-order chi connectivity index (χ0) is 16.2. The average Bonchev–Trinajstić information content (AvgIpc) is 3.01. The van der Waals surface area contributed by atoms with E-state index < -0.39 is 0 Å². The number of amides is 1. The number of rotatable bonds is 5. The lowest BCUT2D eigenvalue weighted by molar-refractivity contribution is 0.0707. The van der Waals surface area contributed by atoms with Crippen LogP contribution in [0.2, 0.25) is 5.02 Å². The molecule has 2 aromatic carbocycles. The predicted octanol–water partition coefficient (Wildman–Crippen LogP) is 2.70. The summed E-state index contributed by atoms with van der Waals surface area (Å²) in [5.74, 6) is 1.00. The van der Waals surface area contributed by atoms with E-state index in [9.17, 15) is 9.90 Å². The van der Waals surface area contributed by atoms with Crippen molar-refractivity contribution in [2.75, 3.05) is 19.9 Å². The Kier molecular flexibility index (Phi) is 4.69. The van der Waals surface area contributed by atoms with E-state index >= 15 is 0 Å². The van der Waals surface area contributed by atoms with Gasteiger partial charge in [-0.05, 0) is 35.9 Å². The maximum atomic E-state index is 12.7. The molecule has 0 saturated heterocycles. The van der Waals surface area contributed by atoms with Crippen molar-refractivity contribution in [1.29, 1.82) is 0 Å². The topological polar surface area (TPSA) is 59.0 Å². The summed E-state index contributed by atoms with van der Waals surface area (Å²) >= 11 is 5.98. The summed E-state index contributed by atoms with van der Waals surface area (Å²) in [7, 11) is 0. The molecular weight excluding hydrogens is 318 g/mol. The van der Waals surface area contributed by atoms with Crippen molar-refractivity contribution in [3.8, 4) is 11.5 Å². The fourth-order valence-electron chi connectivity index (χ4n) is 2.44. The number of halogens is 1. The number of aliphatic hydroxyl groups excluding tert-OH is 1. The monoisotopic (exact) mass is 333 g/mol. The van der Waals surface area contributed by atoms with Crippen LogP contribution >= 0.6 is 11.6 Å². The van der Waals surface area contributed by atoms with Crippen molar-refractivity contribution >= 4 is 17.5 Å². The molecule has 0 unspecified atom stereocenters. The third-order valence-corrected chi connectivity index (χ3v) is 3.77. The summed E-state index contributed by atoms with van der Waals surface area (Å²) < 4.78 is 10.6. The van der Waals surface area contributed by atoms with Crippen molar-refractivity contribution in [1.82, 2.24) is 4.90 Å². The predicted molar refractivity (Wildman–Crippen MR) is 85.8 cm³/mol. The van der Waals surface area contributed by atoms with Crippen LogP contribution in [0.15, 0.2) is 42.5 Å². The molecule has 1 heterocycles. The summed E-state index contributed by atoms with van der Waals surface area (Å²) in [6.07, 6.45) is 0. The van der Waals surface area contributed by atoms with Crippen LogP contribution in [-0.2, 0) is 6.54 Å². The summed E-state index contributed by atoms with van der Waals surface area (Å²) in [4.78, 5) is 14.3. The van der Waals surface area contributed by atoms with Crippen molar-refractivity contribution in [2.45, 2.75) is 6.54 Å². The largest absolute Gasteiger partial charge is 0.454 e. The van der Waals surface area contributed by atoms with E-state index in [1.54, 1.807) is 35.2 Å². The molecule has 120 valence electrons. The van der Waals surface area contributed by atoms with Crippen molar-refractivity contribution in [2.24, 2.45) is 0 Å². The second-order valence-corrected chi connectivity index (χ2v) is 5.58. The molecule has 1 N–H and O–H groups in total. The number of hydrogen-bond acceptors (Lipinski definition) is 4. The fourth-order valence-corrected chi connectivity index (χ4v) is 2.65. The first-order chi connectivity index (χ1) is 11.2. The molecule has 0 bridgehead atoms. The molecule has 2 aromatic rings. The van der Waals surface area contributed by atoms with Gasteiger partial charge >= 0.3 is 0 Å². The third kappa shape index (κ3) is 3.57. The van der Waals surface area contributed by atoms with Crippen LogP contribution in [0.5, 0.6) is 11.5 Å². The van der Waals surface area contributed by atoms with Crippen molar-refractivity contribution in [3.05, 3.63) is 58.6 Å². The second-order valence-electron chi connectivity index (χ2n) is 5.15. The Bertz CT molecular complexity index is 719. The maximum Gasteiger partial charge on any atom is 0.254 e. The standard InChI is InChI=1S/C17H16ClNO4/c18-14-3-1-2-12(8-14)10-19(6-7-20)17(21)13-4-5-15-16(9-13)23-11-22-15/h1-5,8-9,20H,6-7,10-11H2. The smallest absolute Gasteiger partial charge is 0.254 e. The van der Waals surface area contributed by atoms with Gasteiger partial charge in [0.05, 0.1) is 6.61 Å². The maximum absolute atomic E-state index is 12.7. The first-order valence-electron chi connectivity index (χ1n) is 7.21. The summed E-state index contributed by atoms with van der Waals surface area (Å²) in [5.41, 5.74) is 1.39. The van der Waals surface area contributed by atoms with Gasteiger partial charge in [-0.25, -0.2) is 0 Å². The Morgan fingerprint density at radius 2 is 2.00 bits per heavy atom. The van der Waals surface area contributed by atoms with Crippen LogP contribution in [0.4, 0.5) is 0 Å². The van der Waals surface area contributed by atoms with Gasteiger partial charge in [0.25, 0.3) is 5.91 Å². The highest BCUT2D eigenvalue weighted by molar-refractivity contribution is 6.30. The van der Waals surface area contributed by atoms with Crippen molar-refractivity contribution < 1.29 is 19.4 Å². The van der Waals surface area contributed by atoms with Gasteiger partial charge in [-0.3, -0.25) is 4.79 Å². The Balaban J connectivity index is 1.81. The molecule has 0 saturated carbocycles. The molecule has 23 heavy (non-hydrogen) atoms. The molecular formula is C17H16ClNO4. The van der Waals surface area contributed by atoms with E-state index in [-0.39, 0.29) is 25.9 Å². The van der Waals surface area contributed by atoms with Crippen LogP contribution in [0, 0.1) is 0 Å². The van der Waals surface area contributed by atoms with Gasteiger partial charge in [0.2, 0.25) is 6.79 Å². The minimum atomic E-state index is -0.183. The molecule has 0 spiro atoms. The minimum Gasteiger partial charge on any atom is -0.454 e. The Morgan fingerprint density at radius 3 is 2.78 bits per heavy atom. The van der Waals surface area contributed by atoms with E-state index in [0.717, 1.165) is 5.56 Å². The molecule has 1 aliphatic heterocycles. The van der Waals surface area contributed by atoms with Gasteiger partial charge in [0, 0.05) is 23.7 Å². The summed E-state index contributed by atoms with van der Waals surface area (Å²) in [5, 5.41) is 9.87. The lowest BCUT2D eigenvalue weighted by Crippen LogP contribution is -2.33. The normalized spacial score (nSPS) is 12.3. The van der Waals surface area contributed by atoms with Crippen molar-refractivity contribution in [3.63, 3.8) is 0 Å². The number of carbonyl (C=O) groups is 1. The Labute approximate surface area is 139 Å². The lowest BCUT2D eigenvalue weighted by atomic mass is 10.1. The number of benzene rings is 2. The minimum absolute atomic E-state index is 0.114. The van der Waals surface area contributed by atoms with Gasteiger partial charge in [0.1, 0.15) is 0 Å². The number of carbonyl (C=O) groups excluding carboxylic acids is 1. The van der Waals surface area contributed by atoms with E-state index in [1.165, 1.54) is 0 Å².